The number of ether oxygens (including phenoxy) is 2. The van der Waals surface area contributed by atoms with Crippen molar-refractivity contribution in [2.75, 3.05) is 26.4 Å². The third-order valence-corrected chi connectivity index (χ3v) is 19.3. The lowest BCUT2D eigenvalue weighted by molar-refractivity contribution is -0.161. The van der Waals surface area contributed by atoms with E-state index in [1.165, 1.54) is 372 Å². The van der Waals surface area contributed by atoms with Gasteiger partial charge in [-0.1, -0.05) is 385 Å². The highest BCUT2D eigenvalue weighted by molar-refractivity contribution is 7.47. The van der Waals surface area contributed by atoms with Crippen molar-refractivity contribution in [2.24, 2.45) is 5.73 Å². The summed E-state index contributed by atoms with van der Waals surface area (Å²) in [6.07, 6.45) is 94.7. The summed E-state index contributed by atoms with van der Waals surface area (Å²) in [7, 11) is -4.39. The first-order valence-electron chi connectivity index (χ1n) is 39.8. The maximum atomic E-state index is 12.8. The third kappa shape index (κ3) is 75.4. The van der Waals surface area contributed by atoms with Gasteiger partial charge in [0.2, 0.25) is 0 Å². The van der Waals surface area contributed by atoms with Crippen molar-refractivity contribution in [1.29, 1.82) is 0 Å². The maximum Gasteiger partial charge on any atom is 0.472 e. The molecule has 0 fully saturated rings. The Kier molecular flexibility index (Phi) is 74.2. The first kappa shape index (κ1) is 87.5. The molecule has 0 aromatic carbocycles. The number of hydrogen-bond acceptors (Lipinski definition) is 8. The number of unbranched alkanes of at least 4 members (excludes halogenated alkanes) is 60. The van der Waals surface area contributed by atoms with Crippen molar-refractivity contribution in [3.63, 3.8) is 0 Å². The van der Waals surface area contributed by atoms with E-state index < -0.39 is 26.5 Å². The SMILES string of the molecule is CCCCCCCCCC/C=C\CCCCCCCCCCCCCCCCCCCCCCCCCC(=O)OC(COC(=O)CCCCCCCCCCCCCCCCCCCCCCC/C=C\CCCCCCCCCC)COP(=O)(O)OCCN. The zero-order valence-corrected chi connectivity index (χ0v) is 60.6. The maximum absolute atomic E-state index is 12.8. The fourth-order valence-corrected chi connectivity index (χ4v) is 13.2. The summed E-state index contributed by atoms with van der Waals surface area (Å²) in [5.74, 6) is -0.799. The number of carbonyl (C=O) groups is 2. The highest BCUT2D eigenvalue weighted by Gasteiger charge is 2.26. The highest BCUT2D eigenvalue weighted by atomic mass is 31.2. The smallest absolute Gasteiger partial charge is 0.462 e. The van der Waals surface area contributed by atoms with Gasteiger partial charge >= 0.3 is 19.8 Å². The molecule has 0 saturated carbocycles. The van der Waals surface area contributed by atoms with Crippen LogP contribution in [-0.4, -0.2) is 49.3 Å². The lowest BCUT2D eigenvalue weighted by Crippen LogP contribution is -2.29. The third-order valence-electron chi connectivity index (χ3n) is 18.3. The Morgan fingerprint density at radius 1 is 0.326 bits per heavy atom. The summed E-state index contributed by atoms with van der Waals surface area (Å²) in [6.45, 7) is 3.84. The van der Waals surface area contributed by atoms with Gasteiger partial charge in [0.25, 0.3) is 0 Å². The minimum atomic E-state index is -4.39. The average Bonchev–Trinajstić information content (AvgIpc) is 3.66. The van der Waals surface area contributed by atoms with Crippen LogP contribution in [0.15, 0.2) is 24.3 Å². The van der Waals surface area contributed by atoms with E-state index in [0.29, 0.717) is 6.42 Å². The Balaban J connectivity index is 3.75. The quantitative estimate of drug-likeness (QED) is 0.0264. The molecule has 0 amide bonds. The highest BCUT2D eigenvalue weighted by Crippen LogP contribution is 2.43. The Morgan fingerprint density at radius 2 is 0.551 bits per heavy atom. The van der Waals surface area contributed by atoms with Crippen molar-refractivity contribution >= 4 is 19.8 Å². The van der Waals surface area contributed by atoms with Crippen molar-refractivity contribution in [1.82, 2.24) is 0 Å². The van der Waals surface area contributed by atoms with E-state index in [1.54, 1.807) is 0 Å². The number of esters is 2. The molecule has 0 heterocycles. The Labute approximate surface area is 554 Å². The van der Waals surface area contributed by atoms with E-state index in [9.17, 15) is 19.0 Å². The Hall–Kier alpha value is -1.51. The number of phosphoric acid groups is 1. The number of rotatable bonds is 77. The molecule has 2 atom stereocenters. The van der Waals surface area contributed by atoms with E-state index in [-0.39, 0.29) is 38.6 Å². The first-order valence-corrected chi connectivity index (χ1v) is 41.3. The second kappa shape index (κ2) is 75.5. The molecule has 0 radical (unpaired) electrons. The van der Waals surface area contributed by atoms with E-state index in [4.69, 9.17) is 24.3 Å². The molecule has 528 valence electrons. The number of carbonyl (C=O) groups excluding carboxylic acids is 2. The summed E-state index contributed by atoms with van der Waals surface area (Å²) in [5, 5.41) is 0. The lowest BCUT2D eigenvalue weighted by Gasteiger charge is -2.19. The largest absolute Gasteiger partial charge is 0.472 e. The molecule has 0 saturated heterocycles. The van der Waals surface area contributed by atoms with Crippen LogP contribution in [0, 0.1) is 0 Å². The molecular formula is C79H154NO8P. The van der Waals surface area contributed by atoms with Gasteiger partial charge < -0.3 is 20.1 Å². The normalized spacial score (nSPS) is 12.9. The van der Waals surface area contributed by atoms with Gasteiger partial charge in [0.15, 0.2) is 6.10 Å². The van der Waals surface area contributed by atoms with Crippen LogP contribution in [0.4, 0.5) is 0 Å². The molecule has 0 aliphatic rings. The monoisotopic (exact) mass is 1280 g/mol. The molecule has 0 bridgehead atoms. The van der Waals surface area contributed by atoms with Crippen molar-refractivity contribution in [3.8, 4) is 0 Å². The second-order valence-corrected chi connectivity index (χ2v) is 28.7. The van der Waals surface area contributed by atoms with Gasteiger partial charge in [-0.05, 0) is 64.2 Å². The summed E-state index contributed by atoms with van der Waals surface area (Å²) in [5.41, 5.74) is 5.42. The summed E-state index contributed by atoms with van der Waals surface area (Å²) in [4.78, 5) is 35.4. The van der Waals surface area contributed by atoms with Gasteiger partial charge in [-0.25, -0.2) is 4.57 Å². The van der Waals surface area contributed by atoms with E-state index >= 15 is 0 Å². The number of allylic oxidation sites excluding steroid dienone is 4. The molecule has 0 aromatic heterocycles. The van der Waals surface area contributed by atoms with Gasteiger partial charge in [0.1, 0.15) is 6.61 Å². The molecule has 0 aromatic rings. The molecule has 2 unspecified atom stereocenters. The van der Waals surface area contributed by atoms with Crippen LogP contribution in [0.1, 0.15) is 438 Å². The molecule has 9 nitrogen and oxygen atoms in total. The minimum Gasteiger partial charge on any atom is -0.462 e. The standard InChI is InChI=1S/C79H154NO8P/c1-3-5-7-9-11-13-15-17-19-21-23-25-27-29-31-33-35-37-38-40-42-44-46-48-50-52-54-56-58-60-62-64-66-68-70-72-79(82)88-77(76-87-89(83,84)86-74-73-80)75-85-78(81)71-69-67-65-63-61-59-57-55-53-51-49-47-45-43-41-39-36-34-32-30-28-26-24-22-20-18-16-14-12-10-8-6-4-2/h21-24,77H,3-20,25-76,80H2,1-2H3,(H,83,84)/b23-21-,24-22-. The summed E-state index contributed by atoms with van der Waals surface area (Å²) in [6, 6.07) is 0. The van der Waals surface area contributed by atoms with Crippen LogP contribution in [0.3, 0.4) is 0 Å². The molecule has 89 heavy (non-hydrogen) atoms. The van der Waals surface area contributed by atoms with Gasteiger partial charge in [-0.2, -0.15) is 0 Å². The zero-order valence-electron chi connectivity index (χ0n) is 59.7. The molecule has 3 N–H and O–H groups in total. The minimum absolute atomic E-state index is 0.0573. The van der Waals surface area contributed by atoms with Crippen LogP contribution < -0.4 is 5.73 Å². The fraction of sp³-hybridized carbons (Fsp3) is 0.924. The first-order chi connectivity index (χ1) is 43.8. The molecule has 0 rings (SSSR count). The van der Waals surface area contributed by atoms with Gasteiger partial charge in [0, 0.05) is 19.4 Å². The van der Waals surface area contributed by atoms with Crippen LogP contribution >= 0.6 is 7.82 Å². The summed E-state index contributed by atoms with van der Waals surface area (Å²) < 4.78 is 33.3. The second-order valence-electron chi connectivity index (χ2n) is 27.3. The van der Waals surface area contributed by atoms with Crippen LogP contribution in [-0.2, 0) is 32.7 Å². The van der Waals surface area contributed by atoms with E-state index in [2.05, 4.69) is 38.2 Å². The topological polar surface area (TPSA) is 134 Å². The number of phosphoric ester groups is 1. The van der Waals surface area contributed by atoms with Crippen LogP contribution in [0.2, 0.25) is 0 Å². The zero-order chi connectivity index (χ0) is 64.4. The Bertz CT molecular complexity index is 1510. The average molecular weight is 1280 g/mol. The van der Waals surface area contributed by atoms with E-state index in [0.717, 1.165) is 32.1 Å². The lowest BCUT2D eigenvalue weighted by atomic mass is 10.0. The van der Waals surface area contributed by atoms with Crippen LogP contribution in [0.5, 0.6) is 0 Å². The van der Waals surface area contributed by atoms with Gasteiger partial charge in [-0.15, -0.1) is 0 Å². The molecule has 10 heteroatoms. The molecule has 0 aliphatic carbocycles. The molecule has 0 aliphatic heterocycles. The number of hydrogen-bond donors (Lipinski definition) is 2. The summed E-state index contributed by atoms with van der Waals surface area (Å²) >= 11 is 0. The van der Waals surface area contributed by atoms with Gasteiger partial charge in [-0.3, -0.25) is 18.6 Å². The van der Waals surface area contributed by atoms with Crippen molar-refractivity contribution in [3.05, 3.63) is 24.3 Å². The van der Waals surface area contributed by atoms with Crippen LogP contribution in [0.25, 0.3) is 0 Å². The number of nitrogens with two attached hydrogens (primary N) is 1. The Morgan fingerprint density at radius 3 is 0.798 bits per heavy atom. The fourth-order valence-electron chi connectivity index (χ4n) is 12.4. The predicted octanol–water partition coefficient (Wildman–Crippen LogP) is 26.4. The molecule has 0 spiro atoms. The van der Waals surface area contributed by atoms with Crippen molar-refractivity contribution < 1.29 is 37.6 Å². The van der Waals surface area contributed by atoms with Gasteiger partial charge in [0.05, 0.1) is 13.2 Å². The van der Waals surface area contributed by atoms with E-state index in [1.807, 2.05) is 0 Å². The molecular weight excluding hydrogens is 1120 g/mol. The predicted molar refractivity (Wildman–Crippen MR) is 386 cm³/mol. The van der Waals surface area contributed by atoms with Crippen molar-refractivity contribution in [2.45, 2.75) is 444 Å².